The number of hydrogen-bond acceptors (Lipinski definition) is 2. The van der Waals surface area contributed by atoms with Gasteiger partial charge in [0.05, 0.1) is 5.54 Å². The van der Waals surface area contributed by atoms with Gasteiger partial charge in [-0.1, -0.05) is 64.2 Å². The zero-order valence-corrected chi connectivity index (χ0v) is 10.9. The molecule has 0 radical (unpaired) electrons. The lowest BCUT2D eigenvalue weighted by Gasteiger charge is -2.23. The summed E-state index contributed by atoms with van der Waals surface area (Å²) in [6, 6.07) is 0. The first kappa shape index (κ1) is 13.7. The monoisotopic (exact) mass is 224 g/mol. The molecule has 0 heterocycles. The van der Waals surface area contributed by atoms with Crippen LogP contribution >= 0.6 is 0 Å². The SMILES string of the molecule is CC1(N=N)CCCCCCCCCCCC1. The van der Waals surface area contributed by atoms with Crippen LogP contribution in [0.25, 0.3) is 0 Å². The second-order valence-corrected chi connectivity index (χ2v) is 5.64. The predicted molar refractivity (Wildman–Crippen MR) is 69.0 cm³/mol. The van der Waals surface area contributed by atoms with Crippen molar-refractivity contribution in [3.05, 3.63) is 0 Å². The molecule has 1 aliphatic carbocycles. The Hall–Kier alpha value is -0.400. The molecule has 16 heavy (non-hydrogen) atoms. The number of hydrogen-bond donors (Lipinski definition) is 1. The van der Waals surface area contributed by atoms with E-state index in [-0.39, 0.29) is 5.54 Å². The molecule has 0 aromatic rings. The molecule has 94 valence electrons. The van der Waals surface area contributed by atoms with Gasteiger partial charge in [-0.05, 0) is 19.8 Å². The highest BCUT2D eigenvalue weighted by atomic mass is 15.0. The van der Waals surface area contributed by atoms with Crippen LogP contribution in [0.5, 0.6) is 0 Å². The summed E-state index contributed by atoms with van der Waals surface area (Å²) in [6.45, 7) is 2.17. The largest absolute Gasteiger partial charge is 0.209 e. The van der Waals surface area contributed by atoms with Gasteiger partial charge in [-0.25, -0.2) is 5.53 Å². The lowest BCUT2D eigenvalue weighted by Crippen LogP contribution is -2.20. The Morgan fingerprint density at radius 1 is 0.688 bits per heavy atom. The molecule has 2 nitrogen and oxygen atoms in total. The van der Waals surface area contributed by atoms with Crippen molar-refractivity contribution in [2.45, 2.75) is 89.5 Å². The molecule has 0 atom stereocenters. The van der Waals surface area contributed by atoms with Crippen molar-refractivity contribution in [1.29, 1.82) is 5.53 Å². The topological polar surface area (TPSA) is 36.2 Å². The number of rotatable bonds is 1. The molecule has 1 fully saturated rings. The van der Waals surface area contributed by atoms with Gasteiger partial charge in [0.1, 0.15) is 0 Å². The summed E-state index contributed by atoms with van der Waals surface area (Å²) in [4.78, 5) is 0. The average molecular weight is 224 g/mol. The fourth-order valence-electron chi connectivity index (χ4n) is 2.66. The normalized spacial score (nSPS) is 24.8. The number of nitrogens with one attached hydrogen (secondary N) is 1. The molecule has 1 saturated carbocycles. The van der Waals surface area contributed by atoms with E-state index >= 15 is 0 Å². The molecule has 0 saturated heterocycles. The fraction of sp³-hybridized carbons (Fsp3) is 1.00. The molecule has 0 aliphatic heterocycles. The Labute approximate surface area is 101 Å². The van der Waals surface area contributed by atoms with Crippen LogP contribution < -0.4 is 0 Å². The third-order valence-electron chi connectivity index (χ3n) is 3.95. The molecular weight excluding hydrogens is 196 g/mol. The van der Waals surface area contributed by atoms with Crippen molar-refractivity contribution in [3.63, 3.8) is 0 Å². The highest BCUT2D eigenvalue weighted by molar-refractivity contribution is 4.80. The third-order valence-corrected chi connectivity index (χ3v) is 3.95. The van der Waals surface area contributed by atoms with Crippen LogP contribution in [0, 0.1) is 5.53 Å². The van der Waals surface area contributed by atoms with Crippen molar-refractivity contribution >= 4 is 0 Å². The first-order valence-electron chi connectivity index (χ1n) is 7.15. The van der Waals surface area contributed by atoms with E-state index in [4.69, 9.17) is 5.53 Å². The summed E-state index contributed by atoms with van der Waals surface area (Å²) < 4.78 is 0. The van der Waals surface area contributed by atoms with Crippen molar-refractivity contribution < 1.29 is 0 Å². The molecule has 0 aromatic carbocycles. The van der Waals surface area contributed by atoms with Crippen LogP contribution in [0.4, 0.5) is 0 Å². The molecule has 1 N–H and O–H groups in total. The van der Waals surface area contributed by atoms with E-state index < -0.39 is 0 Å². The van der Waals surface area contributed by atoms with Crippen LogP contribution in [0.15, 0.2) is 5.11 Å². The van der Waals surface area contributed by atoms with E-state index in [1.54, 1.807) is 0 Å². The van der Waals surface area contributed by atoms with Crippen LogP contribution in [-0.2, 0) is 0 Å². The predicted octanol–water partition coefficient (Wildman–Crippen LogP) is 5.47. The van der Waals surface area contributed by atoms with Gasteiger partial charge in [0, 0.05) is 0 Å². The average Bonchev–Trinajstić information content (AvgIpc) is 2.31. The highest BCUT2D eigenvalue weighted by Gasteiger charge is 2.22. The van der Waals surface area contributed by atoms with E-state index in [1.165, 1.54) is 64.2 Å². The standard InChI is InChI=1S/C14H28N2/c1-14(16-15)12-10-8-6-4-2-3-5-7-9-11-13-14/h15H,2-13H2,1H3. The van der Waals surface area contributed by atoms with E-state index in [0.717, 1.165) is 12.8 Å². The van der Waals surface area contributed by atoms with Crippen molar-refractivity contribution in [3.8, 4) is 0 Å². The molecule has 2 heteroatoms. The lowest BCUT2D eigenvalue weighted by molar-refractivity contribution is 0.348. The summed E-state index contributed by atoms with van der Waals surface area (Å²) in [5, 5.41) is 3.88. The smallest absolute Gasteiger partial charge is 0.0785 e. The van der Waals surface area contributed by atoms with Gasteiger partial charge in [-0.15, -0.1) is 0 Å². The third kappa shape index (κ3) is 5.62. The van der Waals surface area contributed by atoms with Gasteiger partial charge in [0.25, 0.3) is 0 Å². The first-order valence-corrected chi connectivity index (χ1v) is 7.15. The maximum absolute atomic E-state index is 7.35. The Kier molecular flexibility index (Phi) is 6.67. The van der Waals surface area contributed by atoms with Crippen LogP contribution in [0.1, 0.15) is 84.0 Å². The van der Waals surface area contributed by atoms with Crippen LogP contribution in [-0.4, -0.2) is 5.54 Å². The molecule has 1 rings (SSSR count). The molecule has 1 aliphatic rings. The minimum absolute atomic E-state index is 0.0476. The summed E-state index contributed by atoms with van der Waals surface area (Å²) >= 11 is 0. The van der Waals surface area contributed by atoms with E-state index in [0.29, 0.717) is 0 Å². The Morgan fingerprint density at radius 2 is 1.00 bits per heavy atom. The zero-order valence-electron chi connectivity index (χ0n) is 10.9. The maximum atomic E-state index is 7.35. The molecular formula is C14H28N2. The van der Waals surface area contributed by atoms with Crippen LogP contribution in [0.3, 0.4) is 0 Å². The lowest BCUT2D eigenvalue weighted by atomic mass is 9.89. The Bertz CT molecular complexity index is 175. The quantitative estimate of drug-likeness (QED) is 0.573. The molecule has 0 bridgehead atoms. The Balaban J connectivity index is 2.35. The van der Waals surface area contributed by atoms with Crippen molar-refractivity contribution in [1.82, 2.24) is 0 Å². The van der Waals surface area contributed by atoms with Crippen molar-refractivity contribution in [2.24, 2.45) is 5.11 Å². The zero-order chi connectivity index (χ0) is 11.7. The van der Waals surface area contributed by atoms with Crippen LogP contribution in [0.2, 0.25) is 0 Å². The summed E-state index contributed by atoms with van der Waals surface area (Å²) in [6.07, 6.45) is 15.9. The van der Waals surface area contributed by atoms with E-state index in [9.17, 15) is 0 Å². The van der Waals surface area contributed by atoms with Gasteiger partial charge >= 0.3 is 0 Å². The maximum Gasteiger partial charge on any atom is 0.0785 e. The summed E-state index contributed by atoms with van der Waals surface area (Å²) in [5.74, 6) is 0. The minimum atomic E-state index is -0.0476. The van der Waals surface area contributed by atoms with Gasteiger partial charge in [-0.3, -0.25) is 0 Å². The molecule has 0 aromatic heterocycles. The van der Waals surface area contributed by atoms with Gasteiger partial charge in [-0.2, -0.15) is 5.11 Å². The van der Waals surface area contributed by atoms with E-state index in [1.807, 2.05) is 0 Å². The van der Waals surface area contributed by atoms with Crippen molar-refractivity contribution in [2.75, 3.05) is 0 Å². The first-order chi connectivity index (χ1) is 7.77. The molecule has 0 amide bonds. The fourth-order valence-corrected chi connectivity index (χ4v) is 2.66. The van der Waals surface area contributed by atoms with Gasteiger partial charge in [0.15, 0.2) is 0 Å². The summed E-state index contributed by atoms with van der Waals surface area (Å²) in [7, 11) is 0. The van der Waals surface area contributed by atoms with E-state index in [2.05, 4.69) is 12.0 Å². The highest BCUT2D eigenvalue weighted by Crippen LogP contribution is 2.27. The second kappa shape index (κ2) is 7.81. The van der Waals surface area contributed by atoms with Gasteiger partial charge in [0.2, 0.25) is 0 Å². The Morgan fingerprint density at radius 3 is 1.31 bits per heavy atom. The summed E-state index contributed by atoms with van der Waals surface area (Å²) in [5.41, 5.74) is 7.31. The molecule has 0 unspecified atom stereocenters. The second-order valence-electron chi connectivity index (χ2n) is 5.64. The molecule has 0 spiro atoms. The van der Waals surface area contributed by atoms with Gasteiger partial charge < -0.3 is 0 Å². The number of nitrogens with zero attached hydrogens (tertiary/aromatic N) is 1. The minimum Gasteiger partial charge on any atom is -0.209 e.